The minimum Gasteiger partial charge on any atom is -0.396 e. The largest absolute Gasteiger partial charge is 0.396 e. The molecule has 0 aliphatic heterocycles. The number of nitrogen functional groups attached to an aromatic ring is 2. The van der Waals surface area contributed by atoms with E-state index in [-0.39, 0.29) is 19.0 Å². The van der Waals surface area contributed by atoms with Gasteiger partial charge in [0.05, 0.1) is 94.1 Å². The number of aromatic nitrogens is 8. The topological polar surface area (TPSA) is 192 Å². The van der Waals surface area contributed by atoms with E-state index in [9.17, 15) is 8.42 Å². The van der Waals surface area contributed by atoms with Gasteiger partial charge in [0.15, 0.2) is 0 Å². The Morgan fingerprint density at radius 1 is 0.782 bits per heavy atom. The molecule has 20 heteroatoms. The average Bonchev–Trinajstić information content (AvgIpc) is 4.04. The lowest BCUT2D eigenvalue weighted by Gasteiger charge is -2.08. The average molecular weight is 851 g/mol. The third kappa shape index (κ3) is 7.40. The number of nitrogens with zero attached hydrogens (tertiary/aromatic N) is 8. The molecule has 0 amide bonds. The van der Waals surface area contributed by atoms with E-state index in [1.807, 2.05) is 46.1 Å². The van der Waals surface area contributed by atoms with Crippen LogP contribution in [0.15, 0.2) is 62.6 Å². The summed E-state index contributed by atoms with van der Waals surface area (Å²) in [6.45, 7) is 0.981. The summed E-state index contributed by atoms with van der Waals surface area (Å²) in [5.74, 6) is 0.689. The van der Waals surface area contributed by atoms with Gasteiger partial charge in [-0.05, 0) is 18.6 Å². The number of fused-ring (bicyclic) bond motifs is 2. The first kappa shape index (κ1) is 37.6. The number of ether oxygens (including phenoxy) is 2. The van der Waals surface area contributed by atoms with E-state index in [2.05, 4.69) is 15.0 Å². The Morgan fingerprint density at radius 3 is 1.93 bits per heavy atom. The number of pyridine rings is 2. The molecular weight excluding hydrogens is 817 g/mol. The van der Waals surface area contributed by atoms with Gasteiger partial charge in [-0.15, -0.1) is 45.3 Å². The van der Waals surface area contributed by atoms with Gasteiger partial charge in [-0.2, -0.15) is 0 Å². The van der Waals surface area contributed by atoms with Gasteiger partial charge in [0.25, 0.3) is 0 Å². The molecule has 0 aromatic carbocycles. The summed E-state index contributed by atoms with van der Waals surface area (Å²) in [6, 6.07) is 3.92. The van der Waals surface area contributed by atoms with Gasteiger partial charge in [-0.25, -0.2) is 29.9 Å². The molecular formula is C35H34N10O4S6. The molecule has 8 aromatic rings. The number of aryl methyl sites for hydroxylation is 2. The van der Waals surface area contributed by atoms with Crippen molar-refractivity contribution in [3.63, 3.8) is 0 Å². The molecule has 0 saturated carbocycles. The molecule has 8 heterocycles. The predicted octanol–water partition coefficient (Wildman–Crippen LogP) is 6.59. The fourth-order valence-electron chi connectivity index (χ4n) is 6.07. The molecule has 8 rings (SSSR count). The summed E-state index contributed by atoms with van der Waals surface area (Å²) in [6.07, 6.45) is 9.42. The lowest BCUT2D eigenvalue weighted by atomic mass is 10.1. The highest BCUT2D eigenvalue weighted by Gasteiger charge is 2.24. The standard InChI is InChI=1S/C35H34N10O4S6/c1-44-17-38-13-24(44)20-11-22(30-40-5-8-50-30)42-32-26(20)29(37)35(53-32)55(47)10-7-49-15-19-16-51-31(41-19)23-12-21(25-14-39-18-45(25)2)27-28(36)34(52-33(27)43-23)54(46)9-4-6-48-3/h5,8,11-14,16-18H,4,6-7,9-10,15,36-37H2,1-3H3. The summed E-state index contributed by atoms with van der Waals surface area (Å²) in [7, 11) is 2.74. The summed E-state index contributed by atoms with van der Waals surface area (Å²) >= 11 is 5.62. The minimum absolute atomic E-state index is 0.229. The number of rotatable bonds is 15. The number of hydrogen-bond donors (Lipinski definition) is 2. The van der Waals surface area contributed by atoms with E-state index >= 15 is 0 Å². The molecule has 284 valence electrons. The smallest absolute Gasteiger partial charge is 0.142 e. The molecule has 4 N–H and O–H groups in total. The van der Waals surface area contributed by atoms with E-state index in [4.69, 9.17) is 35.9 Å². The molecule has 0 aliphatic rings. The van der Waals surface area contributed by atoms with Gasteiger partial charge in [0, 0.05) is 72.4 Å². The Hall–Kier alpha value is -4.28. The van der Waals surface area contributed by atoms with Crippen LogP contribution in [-0.4, -0.2) is 79.3 Å². The van der Waals surface area contributed by atoms with Crippen molar-refractivity contribution in [1.82, 2.24) is 39.0 Å². The first-order valence-corrected chi connectivity index (χ1v) is 22.8. The molecule has 14 nitrogen and oxygen atoms in total. The van der Waals surface area contributed by atoms with Crippen molar-refractivity contribution < 1.29 is 17.9 Å². The minimum atomic E-state index is -1.43. The first-order valence-electron chi connectivity index (χ1n) is 16.8. The van der Waals surface area contributed by atoms with Gasteiger partial charge in [-0.3, -0.25) is 8.42 Å². The predicted molar refractivity (Wildman–Crippen MR) is 223 cm³/mol. The molecule has 0 spiro atoms. The molecule has 0 aliphatic carbocycles. The lowest BCUT2D eigenvalue weighted by molar-refractivity contribution is 0.133. The number of methoxy groups -OCH3 is 1. The van der Waals surface area contributed by atoms with E-state index in [0.29, 0.717) is 58.9 Å². The normalized spacial score (nSPS) is 13.0. The maximum Gasteiger partial charge on any atom is 0.142 e. The van der Waals surface area contributed by atoms with Crippen LogP contribution in [0.25, 0.3) is 64.4 Å². The van der Waals surface area contributed by atoms with E-state index < -0.39 is 21.6 Å². The molecule has 0 fully saturated rings. The highest BCUT2D eigenvalue weighted by molar-refractivity contribution is 7.88. The fraction of sp³-hybridized carbons (Fsp3) is 0.257. The van der Waals surface area contributed by atoms with E-state index in [0.717, 1.165) is 49.7 Å². The van der Waals surface area contributed by atoms with Gasteiger partial charge in [0.1, 0.15) is 39.5 Å². The van der Waals surface area contributed by atoms with Crippen LogP contribution in [0.4, 0.5) is 11.4 Å². The number of imidazole rings is 2. The Morgan fingerprint density at radius 2 is 1.38 bits per heavy atom. The zero-order valence-electron chi connectivity index (χ0n) is 29.8. The SMILES string of the molecule is COCCCS(=O)c1sc2nc(-c3nc(COCCS(=O)c4sc5nc(-c6nccs6)cc(-c6cncn6C)c5c4N)cs3)cc(-c3cncn3C)c2c1N. The molecule has 8 aromatic heterocycles. The van der Waals surface area contributed by atoms with Gasteiger partial charge < -0.3 is 30.1 Å². The number of thiophene rings is 2. The quantitative estimate of drug-likeness (QED) is 0.105. The first-order chi connectivity index (χ1) is 26.7. The summed E-state index contributed by atoms with van der Waals surface area (Å²) < 4.78 is 43.0. The highest BCUT2D eigenvalue weighted by Crippen LogP contribution is 2.44. The number of hydrogen-bond acceptors (Lipinski definition) is 16. The van der Waals surface area contributed by atoms with Crippen molar-refractivity contribution >= 4 is 98.8 Å². The molecule has 0 saturated heterocycles. The van der Waals surface area contributed by atoms with Crippen LogP contribution in [0.1, 0.15) is 12.1 Å². The third-order valence-corrected chi connectivity index (χ3v) is 16.3. The van der Waals surface area contributed by atoms with Gasteiger partial charge in [-0.1, -0.05) is 0 Å². The lowest BCUT2D eigenvalue weighted by Crippen LogP contribution is -2.07. The zero-order valence-corrected chi connectivity index (χ0v) is 34.7. The van der Waals surface area contributed by atoms with Crippen molar-refractivity contribution in [2.75, 3.05) is 43.3 Å². The Labute approximate surface area is 336 Å². The van der Waals surface area contributed by atoms with Crippen LogP contribution in [0.2, 0.25) is 0 Å². The van der Waals surface area contributed by atoms with Crippen LogP contribution >= 0.6 is 45.3 Å². The number of thiazole rings is 2. The van der Waals surface area contributed by atoms with E-state index in [1.54, 1.807) is 38.4 Å². The Balaban J connectivity index is 0.993. The van der Waals surface area contributed by atoms with Crippen LogP contribution in [0.3, 0.4) is 0 Å². The van der Waals surface area contributed by atoms with Crippen molar-refractivity contribution in [3.05, 3.63) is 59.8 Å². The molecule has 2 unspecified atom stereocenters. The van der Waals surface area contributed by atoms with Crippen LogP contribution in [0, 0.1) is 0 Å². The van der Waals surface area contributed by atoms with Gasteiger partial charge in [0.2, 0.25) is 0 Å². The molecule has 0 radical (unpaired) electrons. The summed E-state index contributed by atoms with van der Waals surface area (Å²) in [4.78, 5) is 29.1. The second kappa shape index (κ2) is 16.1. The zero-order chi connectivity index (χ0) is 38.2. The second-order valence-electron chi connectivity index (χ2n) is 12.3. The Kier molecular flexibility index (Phi) is 11.0. The van der Waals surface area contributed by atoms with Crippen LogP contribution in [-0.2, 0) is 51.8 Å². The maximum absolute atomic E-state index is 13.7. The second-order valence-corrected chi connectivity index (χ2v) is 19.6. The molecule has 0 bridgehead atoms. The highest BCUT2D eigenvalue weighted by atomic mass is 32.2. The molecule has 55 heavy (non-hydrogen) atoms. The van der Waals surface area contributed by atoms with Crippen molar-refractivity contribution in [2.24, 2.45) is 14.1 Å². The van der Waals surface area contributed by atoms with Gasteiger partial charge >= 0.3 is 0 Å². The monoisotopic (exact) mass is 850 g/mol. The number of nitrogens with two attached hydrogens (primary N) is 2. The number of anilines is 2. The van der Waals surface area contributed by atoms with Crippen molar-refractivity contribution in [1.29, 1.82) is 0 Å². The summed E-state index contributed by atoms with van der Waals surface area (Å²) in [5, 5.41) is 6.83. The van der Waals surface area contributed by atoms with E-state index in [1.165, 1.54) is 45.3 Å². The Bertz CT molecular complexity index is 2690. The van der Waals surface area contributed by atoms with Crippen molar-refractivity contribution in [2.45, 2.75) is 21.4 Å². The maximum atomic E-state index is 13.7. The summed E-state index contributed by atoms with van der Waals surface area (Å²) in [5.41, 5.74) is 19.8. The van der Waals surface area contributed by atoms with Crippen LogP contribution < -0.4 is 11.5 Å². The fourth-order valence-corrected chi connectivity index (χ4v) is 12.6. The van der Waals surface area contributed by atoms with Crippen molar-refractivity contribution in [3.8, 4) is 43.9 Å². The molecule has 2 atom stereocenters. The third-order valence-electron chi connectivity index (χ3n) is 8.69. The van der Waals surface area contributed by atoms with Crippen LogP contribution in [0.5, 0.6) is 0 Å².